The molecule has 3 rings (SSSR count). The monoisotopic (exact) mass is 261 g/mol. The van der Waals surface area contributed by atoms with Crippen LogP contribution in [-0.2, 0) is 4.79 Å². The van der Waals surface area contributed by atoms with Gasteiger partial charge in [-0.05, 0) is 32.3 Å². The van der Waals surface area contributed by atoms with E-state index in [1.54, 1.807) is 6.20 Å². The van der Waals surface area contributed by atoms with Gasteiger partial charge < -0.3 is 15.0 Å². The zero-order valence-corrected chi connectivity index (χ0v) is 11.1. The Hall–Kier alpha value is -1.62. The number of carbonyl (C=O) groups excluding carboxylic acids is 1. The molecule has 1 aliphatic heterocycles. The quantitative estimate of drug-likeness (QED) is 0.869. The number of hydrogen-bond acceptors (Lipinski definition) is 4. The maximum Gasteiger partial charge on any atom is 0.244 e. The molecule has 19 heavy (non-hydrogen) atoms. The molecule has 0 bridgehead atoms. The Morgan fingerprint density at radius 1 is 1.42 bits per heavy atom. The van der Waals surface area contributed by atoms with Crippen LogP contribution < -0.4 is 15.0 Å². The van der Waals surface area contributed by atoms with Crippen molar-refractivity contribution >= 4 is 11.6 Å². The lowest BCUT2D eigenvalue weighted by Gasteiger charge is -2.17. The number of amides is 1. The van der Waals surface area contributed by atoms with Crippen LogP contribution in [0.2, 0.25) is 0 Å². The van der Waals surface area contributed by atoms with Gasteiger partial charge >= 0.3 is 0 Å². The first-order valence-corrected chi connectivity index (χ1v) is 6.94. The first-order chi connectivity index (χ1) is 9.28. The molecule has 102 valence electrons. The highest BCUT2D eigenvalue weighted by Crippen LogP contribution is 2.26. The number of aromatic nitrogens is 1. The van der Waals surface area contributed by atoms with E-state index in [-0.39, 0.29) is 11.9 Å². The number of nitrogens with zero attached hydrogens (tertiary/aromatic N) is 2. The number of pyridine rings is 1. The van der Waals surface area contributed by atoms with Crippen molar-refractivity contribution in [1.82, 2.24) is 10.3 Å². The summed E-state index contributed by atoms with van der Waals surface area (Å²) in [5.74, 6) is 0.767. The van der Waals surface area contributed by atoms with E-state index in [1.165, 1.54) is 12.8 Å². The highest BCUT2D eigenvalue weighted by Gasteiger charge is 2.36. The van der Waals surface area contributed by atoms with Crippen LogP contribution in [0.1, 0.15) is 26.2 Å². The van der Waals surface area contributed by atoms with Crippen LogP contribution in [0.15, 0.2) is 18.3 Å². The van der Waals surface area contributed by atoms with Gasteiger partial charge in [0.25, 0.3) is 0 Å². The van der Waals surface area contributed by atoms with Gasteiger partial charge in [0.2, 0.25) is 11.8 Å². The minimum atomic E-state index is -0.0148. The molecule has 5 heteroatoms. The Kier molecular flexibility index (Phi) is 3.38. The molecule has 1 saturated carbocycles. The molecular formula is C14H19N3O2. The zero-order chi connectivity index (χ0) is 13.2. The highest BCUT2D eigenvalue weighted by atomic mass is 16.5. The van der Waals surface area contributed by atoms with Gasteiger partial charge in [-0.1, -0.05) is 0 Å². The predicted molar refractivity (Wildman–Crippen MR) is 72.3 cm³/mol. The largest absolute Gasteiger partial charge is 0.478 e. The molecule has 1 saturated heterocycles. The van der Waals surface area contributed by atoms with E-state index < -0.39 is 0 Å². The second-order valence-corrected chi connectivity index (χ2v) is 5.06. The summed E-state index contributed by atoms with van der Waals surface area (Å²) in [5, 5.41) is 3.40. The summed E-state index contributed by atoms with van der Waals surface area (Å²) >= 11 is 0. The van der Waals surface area contributed by atoms with Gasteiger partial charge in [-0.15, -0.1) is 0 Å². The van der Waals surface area contributed by atoms with Gasteiger partial charge in [-0.2, -0.15) is 0 Å². The molecule has 0 aromatic carbocycles. The average Bonchev–Trinajstić information content (AvgIpc) is 3.16. The van der Waals surface area contributed by atoms with Gasteiger partial charge in [-0.25, -0.2) is 4.98 Å². The zero-order valence-electron chi connectivity index (χ0n) is 11.1. The summed E-state index contributed by atoms with van der Waals surface area (Å²) in [5.41, 5.74) is 0.855. The van der Waals surface area contributed by atoms with Gasteiger partial charge in [0.1, 0.15) is 0 Å². The molecular weight excluding hydrogens is 242 g/mol. The smallest absolute Gasteiger partial charge is 0.244 e. The Labute approximate surface area is 113 Å². The molecule has 0 radical (unpaired) electrons. The number of rotatable bonds is 5. The Bertz CT molecular complexity index is 456. The van der Waals surface area contributed by atoms with Crippen molar-refractivity contribution in [2.75, 3.05) is 18.1 Å². The number of anilines is 1. The van der Waals surface area contributed by atoms with E-state index in [0.29, 0.717) is 18.5 Å². The summed E-state index contributed by atoms with van der Waals surface area (Å²) in [7, 11) is 0. The molecule has 0 spiro atoms. The lowest BCUT2D eigenvalue weighted by Crippen LogP contribution is -2.39. The molecule has 1 N–H and O–H groups in total. The Morgan fingerprint density at radius 2 is 2.26 bits per heavy atom. The van der Waals surface area contributed by atoms with Crippen molar-refractivity contribution in [3.05, 3.63) is 18.3 Å². The predicted octanol–water partition coefficient (Wildman–Crippen LogP) is 1.34. The SMILES string of the molecule is CCOc1ccc(N2CCC(NC3CC3)C2=O)cn1. The van der Waals surface area contributed by atoms with Gasteiger partial charge in [-0.3, -0.25) is 4.79 Å². The summed E-state index contributed by atoms with van der Waals surface area (Å²) < 4.78 is 5.31. The van der Waals surface area contributed by atoms with Crippen LogP contribution in [0, 0.1) is 0 Å². The van der Waals surface area contributed by atoms with Crippen LogP contribution in [0.4, 0.5) is 5.69 Å². The van der Waals surface area contributed by atoms with Crippen molar-refractivity contribution in [3.8, 4) is 5.88 Å². The fourth-order valence-electron chi connectivity index (χ4n) is 2.39. The average molecular weight is 261 g/mol. The van der Waals surface area contributed by atoms with Gasteiger partial charge in [0, 0.05) is 18.7 Å². The van der Waals surface area contributed by atoms with Crippen molar-refractivity contribution in [2.45, 2.75) is 38.3 Å². The number of hydrogen-bond donors (Lipinski definition) is 1. The molecule has 1 atom stereocenters. The third kappa shape index (κ3) is 2.71. The third-order valence-electron chi connectivity index (χ3n) is 3.54. The number of carbonyl (C=O) groups is 1. The molecule has 1 aromatic rings. The van der Waals surface area contributed by atoms with E-state index in [1.807, 2.05) is 24.0 Å². The molecule has 1 amide bonds. The fourth-order valence-corrected chi connectivity index (χ4v) is 2.39. The lowest BCUT2D eigenvalue weighted by molar-refractivity contribution is -0.118. The van der Waals surface area contributed by atoms with E-state index in [9.17, 15) is 4.79 Å². The maximum absolute atomic E-state index is 12.3. The fraction of sp³-hybridized carbons (Fsp3) is 0.571. The van der Waals surface area contributed by atoms with Crippen LogP contribution in [0.3, 0.4) is 0 Å². The minimum Gasteiger partial charge on any atom is -0.478 e. The topological polar surface area (TPSA) is 54.5 Å². The molecule has 2 heterocycles. The first-order valence-electron chi connectivity index (χ1n) is 6.94. The molecule has 2 aliphatic rings. The van der Waals surface area contributed by atoms with E-state index in [0.717, 1.165) is 18.7 Å². The number of nitrogens with one attached hydrogen (secondary N) is 1. The van der Waals surface area contributed by atoms with Gasteiger partial charge in [0.05, 0.1) is 24.5 Å². The van der Waals surface area contributed by atoms with Crippen molar-refractivity contribution in [2.24, 2.45) is 0 Å². The Balaban J connectivity index is 1.66. The molecule has 1 aliphatic carbocycles. The Morgan fingerprint density at radius 3 is 2.89 bits per heavy atom. The normalized spacial score (nSPS) is 22.9. The van der Waals surface area contributed by atoms with Crippen molar-refractivity contribution < 1.29 is 9.53 Å². The standard InChI is InChI=1S/C14H19N3O2/c1-2-19-13-6-5-11(9-15-13)17-8-7-12(14(17)18)16-10-3-4-10/h5-6,9-10,12,16H,2-4,7-8H2,1H3. The van der Waals surface area contributed by atoms with E-state index in [2.05, 4.69) is 10.3 Å². The summed E-state index contributed by atoms with van der Waals surface area (Å²) in [6, 6.07) is 4.26. The molecule has 1 unspecified atom stereocenters. The van der Waals surface area contributed by atoms with Crippen molar-refractivity contribution in [3.63, 3.8) is 0 Å². The maximum atomic E-state index is 12.3. The highest BCUT2D eigenvalue weighted by molar-refractivity contribution is 5.99. The molecule has 1 aromatic heterocycles. The van der Waals surface area contributed by atoms with E-state index in [4.69, 9.17) is 4.74 Å². The second-order valence-electron chi connectivity index (χ2n) is 5.06. The third-order valence-corrected chi connectivity index (χ3v) is 3.54. The summed E-state index contributed by atoms with van der Waals surface area (Å²) in [4.78, 5) is 18.3. The molecule has 5 nitrogen and oxygen atoms in total. The van der Waals surface area contributed by atoms with Crippen molar-refractivity contribution in [1.29, 1.82) is 0 Å². The molecule has 2 fully saturated rings. The van der Waals surface area contributed by atoms with Crippen LogP contribution >= 0.6 is 0 Å². The van der Waals surface area contributed by atoms with Crippen LogP contribution in [0.25, 0.3) is 0 Å². The van der Waals surface area contributed by atoms with Crippen LogP contribution in [-0.4, -0.2) is 36.1 Å². The first kappa shape index (κ1) is 12.4. The lowest BCUT2D eigenvalue weighted by atomic mass is 10.2. The summed E-state index contributed by atoms with van der Waals surface area (Å²) in [6.45, 7) is 3.29. The minimum absolute atomic E-state index is 0.0148. The number of ether oxygens (including phenoxy) is 1. The van der Waals surface area contributed by atoms with Gasteiger partial charge in [0.15, 0.2) is 0 Å². The van der Waals surface area contributed by atoms with Crippen LogP contribution in [0.5, 0.6) is 5.88 Å². The summed E-state index contributed by atoms with van der Waals surface area (Å²) in [6.07, 6.45) is 4.99. The van der Waals surface area contributed by atoms with E-state index >= 15 is 0 Å². The second kappa shape index (κ2) is 5.17.